The monoisotopic (exact) mass is 473 g/mol. The van der Waals surface area contributed by atoms with Crippen LogP contribution in [0.25, 0.3) is 0 Å². The lowest BCUT2D eigenvalue weighted by atomic mass is 9.66. The number of carbonyl (C=O) groups is 3. The molecule has 1 aromatic carbocycles. The van der Waals surface area contributed by atoms with Gasteiger partial charge in [-0.2, -0.15) is 0 Å². The number of anilines is 2. The molecule has 3 aliphatic heterocycles. The van der Waals surface area contributed by atoms with Crippen molar-refractivity contribution in [3.63, 3.8) is 0 Å². The van der Waals surface area contributed by atoms with Crippen molar-refractivity contribution in [2.75, 3.05) is 43.1 Å². The third kappa shape index (κ3) is 3.65. The molecule has 5 atom stereocenters. The predicted octanol–water partition coefficient (Wildman–Crippen LogP) is 1.79. The van der Waals surface area contributed by atoms with Gasteiger partial charge in [0, 0.05) is 31.0 Å². The summed E-state index contributed by atoms with van der Waals surface area (Å²) >= 11 is 0. The highest BCUT2D eigenvalue weighted by molar-refractivity contribution is 6.03. The number of aliphatic hydroxyl groups is 1. The highest BCUT2D eigenvalue weighted by Gasteiger charge is 2.78. The molecule has 3 heterocycles. The van der Waals surface area contributed by atoms with Crippen LogP contribution in [0, 0.1) is 11.8 Å². The molecule has 34 heavy (non-hydrogen) atoms. The molecule has 3 aliphatic rings. The van der Waals surface area contributed by atoms with E-state index in [1.54, 1.807) is 6.92 Å². The van der Waals surface area contributed by atoms with Gasteiger partial charge in [-0.3, -0.25) is 14.4 Å². The Hall–Kier alpha value is -2.65. The van der Waals surface area contributed by atoms with Crippen molar-refractivity contribution < 1.29 is 29.0 Å². The second-order valence-electron chi connectivity index (χ2n) is 9.44. The number of benzene rings is 1. The van der Waals surface area contributed by atoms with Gasteiger partial charge in [0.15, 0.2) is 0 Å². The number of nitrogens with zero attached hydrogens (tertiary/aromatic N) is 2. The molecule has 2 bridgehead atoms. The van der Waals surface area contributed by atoms with Crippen LogP contribution in [-0.4, -0.2) is 77.9 Å². The lowest BCUT2D eigenvalue weighted by molar-refractivity contribution is -0.159. The molecule has 2 unspecified atom stereocenters. The number of carbonyl (C=O) groups excluding carboxylic acids is 3. The Bertz CT molecular complexity index is 948. The van der Waals surface area contributed by atoms with Crippen LogP contribution < -0.4 is 10.2 Å². The Morgan fingerprint density at radius 3 is 2.47 bits per heavy atom. The van der Waals surface area contributed by atoms with Crippen LogP contribution in [0.4, 0.5) is 11.4 Å². The van der Waals surface area contributed by atoms with E-state index in [0.29, 0.717) is 18.5 Å². The molecule has 1 aromatic rings. The Labute approximate surface area is 200 Å². The molecule has 186 valence electrons. The Morgan fingerprint density at radius 1 is 1.21 bits per heavy atom. The van der Waals surface area contributed by atoms with E-state index in [1.165, 1.54) is 4.90 Å². The highest BCUT2D eigenvalue weighted by Crippen LogP contribution is 2.63. The summed E-state index contributed by atoms with van der Waals surface area (Å²) in [6.07, 6.45) is 1.03. The minimum Gasteiger partial charge on any atom is -0.466 e. The van der Waals surface area contributed by atoms with Crippen LogP contribution >= 0.6 is 0 Å². The number of rotatable bonds is 9. The molecule has 9 heteroatoms. The molecule has 3 fully saturated rings. The molecular weight excluding hydrogens is 438 g/mol. The van der Waals surface area contributed by atoms with Crippen LogP contribution in [0.3, 0.4) is 0 Å². The first-order valence-electron chi connectivity index (χ1n) is 12.2. The number of ether oxygens (including phenoxy) is 2. The maximum absolute atomic E-state index is 13.6. The molecule has 9 nitrogen and oxygen atoms in total. The number of amides is 2. The number of likely N-dealkylation sites (tertiary alicyclic amines) is 1. The van der Waals surface area contributed by atoms with Crippen LogP contribution in [0.15, 0.2) is 24.3 Å². The summed E-state index contributed by atoms with van der Waals surface area (Å²) in [6.45, 7) is 9.38. The molecular formula is C25H35N3O6. The van der Waals surface area contributed by atoms with Crippen molar-refractivity contribution in [2.45, 2.75) is 57.8 Å². The van der Waals surface area contributed by atoms with Gasteiger partial charge in [-0.15, -0.1) is 0 Å². The molecule has 2 amide bonds. The molecule has 0 saturated carbocycles. The van der Waals surface area contributed by atoms with E-state index in [-0.39, 0.29) is 31.6 Å². The topological polar surface area (TPSA) is 108 Å². The second kappa shape index (κ2) is 9.19. The maximum atomic E-state index is 13.6. The van der Waals surface area contributed by atoms with E-state index in [1.807, 2.05) is 31.2 Å². The van der Waals surface area contributed by atoms with Crippen LogP contribution in [-0.2, 0) is 23.9 Å². The number of fused-ring (bicyclic) bond motifs is 1. The van der Waals surface area contributed by atoms with Crippen molar-refractivity contribution in [1.82, 2.24) is 4.90 Å². The number of nitrogens with one attached hydrogen (secondary N) is 1. The van der Waals surface area contributed by atoms with E-state index >= 15 is 0 Å². The number of esters is 1. The van der Waals surface area contributed by atoms with Crippen molar-refractivity contribution in [3.8, 4) is 0 Å². The van der Waals surface area contributed by atoms with E-state index < -0.39 is 35.0 Å². The summed E-state index contributed by atoms with van der Waals surface area (Å²) in [5.41, 5.74) is -0.314. The van der Waals surface area contributed by atoms with Gasteiger partial charge in [0.1, 0.15) is 17.6 Å². The molecule has 4 rings (SSSR count). The maximum Gasteiger partial charge on any atom is 0.312 e. The van der Waals surface area contributed by atoms with E-state index in [0.717, 1.165) is 18.8 Å². The van der Waals surface area contributed by atoms with Crippen LogP contribution in [0.2, 0.25) is 0 Å². The SMILES string of the molecule is CCOC(=O)[C@@H]1[C@H]2C(=O)N(CCO)C(C(=O)Nc3ccc(N(CC)CC)cc3)C23CC[C@@]1(C)O3. The number of hydrogen-bond acceptors (Lipinski definition) is 7. The average Bonchev–Trinajstić information content (AvgIpc) is 3.37. The Kier molecular flexibility index (Phi) is 6.61. The van der Waals surface area contributed by atoms with Gasteiger partial charge in [0.05, 0.1) is 24.7 Å². The van der Waals surface area contributed by atoms with E-state index in [9.17, 15) is 19.5 Å². The normalized spacial score (nSPS) is 31.5. The second-order valence-corrected chi connectivity index (χ2v) is 9.44. The van der Waals surface area contributed by atoms with E-state index in [2.05, 4.69) is 24.1 Å². The number of hydrogen-bond donors (Lipinski definition) is 2. The lowest BCUT2D eigenvalue weighted by Gasteiger charge is -2.33. The third-order valence-electron chi connectivity index (χ3n) is 7.67. The van der Waals surface area contributed by atoms with Crippen LogP contribution in [0.1, 0.15) is 40.5 Å². The van der Waals surface area contributed by atoms with E-state index in [4.69, 9.17) is 9.47 Å². The van der Waals surface area contributed by atoms with Crippen molar-refractivity contribution in [1.29, 1.82) is 0 Å². The van der Waals surface area contributed by atoms with Gasteiger partial charge in [0.2, 0.25) is 11.8 Å². The van der Waals surface area contributed by atoms with Crippen molar-refractivity contribution in [3.05, 3.63) is 24.3 Å². The summed E-state index contributed by atoms with van der Waals surface area (Å²) in [7, 11) is 0. The first-order chi connectivity index (χ1) is 16.3. The quantitative estimate of drug-likeness (QED) is 0.527. The van der Waals surface area contributed by atoms with Crippen molar-refractivity contribution >= 4 is 29.2 Å². The summed E-state index contributed by atoms with van der Waals surface area (Å²) in [6, 6.07) is 6.63. The van der Waals surface area contributed by atoms with Crippen molar-refractivity contribution in [2.24, 2.45) is 11.8 Å². The molecule has 0 aliphatic carbocycles. The highest BCUT2D eigenvalue weighted by atomic mass is 16.6. The fraction of sp³-hybridized carbons (Fsp3) is 0.640. The fourth-order valence-corrected chi connectivity index (χ4v) is 6.22. The minimum atomic E-state index is -1.12. The van der Waals surface area contributed by atoms with Gasteiger partial charge in [0.25, 0.3) is 0 Å². The molecule has 3 saturated heterocycles. The first-order valence-corrected chi connectivity index (χ1v) is 12.2. The smallest absolute Gasteiger partial charge is 0.312 e. The summed E-state index contributed by atoms with van der Waals surface area (Å²) < 4.78 is 11.7. The zero-order chi connectivity index (χ0) is 24.7. The molecule has 2 N–H and O–H groups in total. The molecule has 0 radical (unpaired) electrons. The van der Waals surface area contributed by atoms with Gasteiger partial charge in [-0.1, -0.05) is 0 Å². The van der Waals surface area contributed by atoms with Gasteiger partial charge >= 0.3 is 5.97 Å². The molecule has 0 aromatic heterocycles. The minimum absolute atomic E-state index is 0.00825. The van der Waals surface area contributed by atoms with Gasteiger partial charge in [-0.25, -0.2) is 0 Å². The first kappa shape index (κ1) is 24.5. The third-order valence-corrected chi connectivity index (χ3v) is 7.67. The average molecular weight is 474 g/mol. The molecule has 1 spiro atoms. The Balaban J connectivity index is 1.63. The zero-order valence-electron chi connectivity index (χ0n) is 20.4. The standard InChI is InChI=1S/C25H35N3O6/c1-5-27(6-2)17-10-8-16(9-11-17)26-21(30)20-25-13-12-24(4,34-25)19(23(32)33-7-3)18(25)22(31)28(20)14-15-29/h8-11,18-20,29H,5-7,12-15H2,1-4H3,(H,26,30)/t18-,19-,20?,24+,25?/m0/s1. The van der Waals surface area contributed by atoms with Gasteiger partial charge in [-0.05, 0) is 64.8 Å². The summed E-state index contributed by atoms with van der Waals surface area (Å²) in [5.74, 6) is -2.78. The Morgan fingerprint density at radius 2 is 1.88 bits per heavy atom. The number of β-amino-alcohol motifs (C(OH)–C–C–N with tert-alkyl or cyclic N) is 1. The fourth-order valence-electron chi connectivity index (χ4n) is 6.22. The number of aliphatic hydroxyl groups excluding tert-OH is 1. The lowest BCUT2D eigenvalue weighted by Crippen LogP contribution is -2.53. The summed E-state index contributed by atoms with van der Waals surface area (Å²) in [4.78, 5) is 43.6. The predicted molar refractivity (Wildman–Crippen MR) is 126 cm³/mol. The van der Waals surface area contributed by atoms with Crippen LogP contribution in [0.5, 0.6) is 0 Å². The zero-order valence-corrected chi connectivity index (χ0v) is 20.4. The largest absolute Gasteiger partial charge is 0.466 e. The summed E-state index contributed by atoms with van der Waals surface area (Å²) in [5, 5.41) is 12.6. The van der Waals surface area contributed by atoms with Gasteiger partial charge < -0.3 is 29.7 Å².